The molecular weight excluding hydrogens is 486 g/mol. The van der Waals surface area contributed by atoms with E-state index in [0.29, 0.717) is 31.5 Å². The number of amides is 3. The lowest BCUT2D eigenvalue weighted by atomic mass is 10.0. The van der Waals surface area contributed by atoms with E-state index in [0.717, 1.165) is 33.2 Å². The molecule has 0 radical (unpaired) electrons. The SMILES string of the molecule is CNC(=O)[C@@H](Cc1ccccc1)N(Cc1ccccc1C)C(=O)CCCN1C(=O)c2cccc3cccc1c23. The molecule has 0 unspecified atom stereocenters. The van der Waals surface area contributed by atoms with Gasteiger partial charge in [0.25, 0.3) is 5.91 Å². The minimum Gasteiger partial charge on any atom is -0.357 e. The number of hydrogen-bond donors (Lipinski definition) is 1. The summed E-state index contributed by atoms with van der Waals surface area (Å²) in [5, 5.41) is 4.77. The molecule has 0 bridgehead atoms. The van der Waals surface area contributed by atoms with E-state index in [2.05, 4.69) is 5.32 Å². The Labute approximate surface area is 229 Å². The van der Waals surface area contributed by atoms with Crippen molar-refractivity contribution in [3.8, 4) is 0 Å². The minimum atomic E-state index is -0.657. The molecule has 0 fully saturated rings. The van der Waals surface area contributed by atoms with Gasteiger partial charge in [-0.05, 0) is 47.6 Å². The monoisotopic (exact) mass is 519 g/mol. The molecule has 3 amide bonds. The number of nitrogens with one attached hydrogen (secondary N) is 1. The Hall–Kier alpha value is -4.45. The van der Waals surface area contributed by atoms with Crippen LogP contribution in [0.25, 0.3) is 10.8 Å². The van der Waals surface area contributed by atoms with Gasteiger partial charge >= 0.3 is 0 Å². The van der Waals surface area contributed by atoms with Crippen LogP contribution in [0.4, 0.5) is 5.69 Å². The van der Waals surface area contributed by atoms with Crippen molar-refractivity contribution in [3.63, 3.8) is 0 Å². The average molecular weight is 520 g/mol. The van der Waals surface area contributed by atoms with Gasteiger partial charge in [0, 0.05) is 43.9 Å². The van der Waals surface area contributed by atoms with Crippen molar-refractivity contribution < 1.29 is 14.4 Å². The molecule has 0 saturated carbocycles. The van der Waals surface area contributed by atoms with Crippen LogP contribution in [0, 0.1) is 6.92 Å². The van der Waals surface area contributed by atoms with Crippen LogP contribution in [-0.2, 0) is 22.6 Å². The summed E-state index contributed by atoms with van der Waals surface area (Å²) < 4.78 is 0. The second-order valence-corrected chi connectivity index (χ2v) is 10.0. The largest absolute Gasteiger partial charge is 0.357 e. The topological polar surface area (TPSA) is 69.7 Å². The highest BCUT2D eigenvalue weighted by atomic mass is 16.2. The molecule has 4 aromatic carbocycles. The Balaban J connectivity index is 1.36. The third kappa shape index (κ3) is 5.41. The van der Waals surface area contributed by atoms with E-state index in [-0.39, 0.29) is 24.1 Å². The summed E-state index contributed by atoms with van der Waals surface area (Å²) in [5.41, 5.74) is 4.66. The van der Waals surface area contributed by atoms with Crippen LogP contribution in [0.5, 0.6) is 0 Å². The highest BCUT2D eigenvalue weighted by Gasteiger charge is 2.32. The van der Waals surface area contributed by atoms with E-state index in [4.69, 9.17) is 0 Å². The van der Waals surface area contributed by atoms with E-state index in [1.807, 2.05) is 97.9 Å². The molecule has 0 spiro atoms. The Kier molecular flexibility index (Phi) is 7.73. The Morgan fingerprint density at radius 2 is 1.62 bits per heavy atom. The highest BCUT2D eigenvalue weighted by Crippen LogP contribution is 2.37. The van der Waals surface area contributed by atoms with Gasteiger partial charge in [0.1, 0.15) is 6.04 Å². The molecule has 1 aliphatic heterocycles. The summed E-state index contributed by atoms with van der Waals surface area (Å²) in [6, 6.07) is 28.8. The van der Waals surface area contributed by atoms with Crippen LogP contribution < -0.4 is 10.2 Å². The number of hydrogen-bond acceptors (Lipinski definition) is 3. The zero-order chi connectivity index (χ0) is 27.4. The number of carbonyl (C=O) groups excluding carboxylic acids is 3. The van der Waals surface area contributed by atoms with Gasteiger partial charge in [0.15, 0.2) is 0 Å². The van der Waals surface area contributed by atoms with Crippen molar-refractivity contribution in [2.45, 2.75) is 38.8 Å². The third-order valence-electron chi connectivity index (χ3n) is 7.54. The van der Waals surface area contributed by atoms with E-state index in [1.54, 1.807) is 16.8 Å². The lowest BCUT2D eigenvalue weighted by Gasteiger charge is -2.32. The molecule has 6 heteroatoms. The van der Waals surface area contributed by atoms with Gasteiger partial charge in [-0.3, -0.25) is 14.4 Å². The predicted octanol–water partition coefficient (Wildman–Crippen LogP) is 5.27. The van der Waals surface area contributed by atoms with Gasteiger partial charge in [-0.1, -0.05) is 78.9 Å². The van der Waals surface area contributed by atoms with Crippen molar-refractivity contribution in [1.29, 1.82) is 0 Å². The number of rotatable bonds is 10. The Morgan fingerprint density at radius 1 is 0.897 bits per heavy atom. The van der Waals surface area contributed by atoms with E-state index in [9.17, 15) is 14.4 Å². The predicted molar refractivity (Wildman–Crippen MR) is 155 cm³/mol. The van der Waals surface area contributed by atoms with Crippen LogP contribution in [0.1, 0.15) is 39.9 Å². The number of carbonyl (C=O) groups is 3. The maximum Gasteiger partial charge on any atom is 0.258 e. The number of nitrogens with zero attached hydrogens (tertiary/aromatic N) is 2. The van der Waals surface area contributed by atoms with Gasteiger partial charge < -0.3 is 15.1 Å². The van der Waals surface area contributed by atoms with Crippen LogP contribution in [0.15, 0.2) is 91.0 Å². The molecule has 5 rings (SSSR count). The second-order valence-electron chi connectivity index (χ2n) is 10.0. The number of anilines is 1. The molecule has 198 valence electrons. The first-order valence-electron chi connectivity index (χ1n) is 13.4. The Morgan fingerprint density at radius 3 is 2.36 bits per heavy atom. The summed E-state index contributed by atoms with van der Waals surface area (Å²) in [4.78, 5) is 43.6. The highest BCUT2D eigenvalue weighted by molar-refractivity contribution is 6.25. The molecule has 0 saturated heterocycles. The van der Waals surface area contributed by atoms with Crippen LogP contribution in [-0.4, -0.2) is 42.3 Å². The quantitative estimate of drug-likeness (QED) is 0.310. The summed E-state index contributed by atoms with van der Waals surface area (Å²) in [6.45, 7) is 2.78. The number of aryl methyl sites for hydroxylation is 1. The van der Waals surface area contributed by atoms with Crippen LogP contribution >= 0.6 is 0 Å². The van der Waals surface area contributed by atoms with Crippen molar-refractivity contribution >= 4 is 34.2 Å². The number of benzene rings is 4. The smallest absolute Gasteiger partial charge is 0.258 e. The first-order chi connectivity index (χ1) is 19.0. The first kappa shape index (κ1) is 26.2. The normalized spacial score (nSPS) is 13.0. The molecular formula is C33H33N3O3. The summed E-state index contributed by atoms with van der Waals surface area (Å²) in [6.07, 6.45) is 1.13. The fraction of sp³-hybridized carbons (Fsp3) is 0.242. The maximum absolute atomic E-state index is 13.8. The molecule has 1 aliphatic rings. The van der Waals surface area contributed by atoms with E-state index >= 15 is 0 Å². The van der Waals surface area contributed by atoms with Crippen molar-refractivity contribution in [3.05, 3.63) is 113 Å². The maximum atomic E-state index is 13.8. The van der Waals surface area contributed by atoms with Gasteiger partial charge in [-0.2, -0.15) is 0 Å². The fourth-order valence-electron chi connectivity index (χ4n) is 5.42. The zero-order valence-electron chi connectivity index (χ0n) is 22.4. The van der Waals surface area contributed by atoms with Gasteiger partial charge in [0.05, 0.1) is 5.69 Å². The zero-order valence-corrected chi connectivity index (χ0v) is 22.4. The molecule has 0 aliphatic carbocycles. The lowest BCUT2D eigenvalue weighted by molar-refractivity contribution is -0.141. The fourth-order valence-corrected chi connectivity index (χ4v) is 5.42. The average Bonchev–Trinajstić information content (AvgIpc) is 3.24. The van der Waals surface area contributed by atoms with E-state index in [1.165, 1.54) is 0 Å². The Bertz CT molecular complexity index is 1510. The lowest BCUT2D eigenvalue weighted by Crippen LogP contribution is -2.49. The van der Waals surface area contributed by atoms with E-state index < -0.39 is 6.04 Å². The minimum absolute atomic E-state index is 0.0293. The summed E-state index contributed by atoms with van der Waals surface area (Å²) in [7, 11) is 1.61. The summed E-state index contributed by atoms with van der Waals surface area (Å²) in [5.74, 6) is -0.332. The van der Waals surface area contributed by atoms with Crippen LogP contribution in [0.3, 0.4) is 0 Å². The van der Waals surface area contributed by atoms with Crippen molar-refractivity contribution in [2.24, 2.45) is 0 Å². The van der Waals surface area contributed by atoms with Gasteiger partial charge in [-0.25, -0.2) is 0 Å². The molecule has 39 heavy (non-hydrogen) atoms. The van der Waals surface area contributed by atoms with Gasteiger partial charge in [0.2, 0.25) is 11.8 Å². The third-order valence-corrected chi connectivity index (χ3v) is 7.54. The van der Waals surface area contributed by atoms with Crippen molar-refractivity contribution in [1.82, 2.24) is 10.2 Å². The molecule has 6 nitrogen and oxygen atoms in total. The molecule has 1 N–H and O–H groups in total. The number of likely N-dealkylation sites (N-methyl/N-ethyl adjacent to an activating group) is 1. The molecule has 1 heterocycles. The second kappa shape index (κ2) is 11.5. The molecule has 4 aromatic rings. The van der Waals surface area contributed by atoms with Crippen molar-refractivity contribution in [2.75, 3.05) is 18.5 Å². The first-order valence-corrected chi connectivity index (χ1v) is 13.4. The molecule has 0 aromatic heterocycles. The van der Waals surface area contributed by atoms with Crippen LogP contribution in [0.2, 0.25) is 0 Å². The van der Waals surface area contributed by atoms with Gasteiger partial charge in [-0.15, -0.1) is 0 Å². The summed E-state index contributed by atoms with van der Waals surface area (Å²) >= 11 is 0. The standard InChI is InChI=1S/C33H33N3O3/c1-23-11-6-7-14-26(23)22-36(29(32(38)34-2)21-24-12-4-3-5-13-24)30(37)19-10-20-35-28-18-9-16-25-15-8-17-27(31(25)28)33(35)39/h3-9,11-18,29H,10,19-22H2,1-2H3,(H,34,38)/t29-/m1/s1. The molecule has 1 atom stereocenters.